The van der Waals surface area contributed by atoms with Crippen molar-refractivity contribution in [3.63, 3.8) is 0 Å². The van der Waals surface area contributed by atoms with Gasteiger partial charge in [-0.3, -0.25) is 29.0 Å². The first kappa shape index (κ1) is 45.8. The zero-order valence-electron chi connectivity index (χ0n) is 35.6. The molecule has 0 aliphatic heterocycles. The molecule has 0 spiro atoms. The van der Waals surface area contributed by atoms with Crippen molar-refractivity contribution in [3.8, 4) is 0 Å². The van der Waals surface area contributed by atoms with E-state index >= 15 is 0 Å². The summed E-state index contributed by atoms with van der Waals surface area (Å²) in [6, 6.07) is 24.9. The number of para-hydroxylation sites is 1. The van der Waals surface area contributed by atoms with E-state index in [0.29, 0.717) is 18.8 Å². The summed E-state index contributed by atoms with van der Waals surface area (Å²) in [4.78, 5) is 77.0. The van der Waals surface area contributed by atoms with E-state index in [0.717, 1.165) is 64.0 Å². The fourth-order valence-electron chi connectivity index (χ4n) is 8.46. The van der Waals surface area contributed by atoms with Gasteiger partial charge in [-0.15, -0.1) is 0 Å². The van der Waals surface area contributed by atoms with Gasteiger partial charge in [-0.05, 0) is 58.7 Å². The number of aromatic nitrogens is 1. The summed E-state index contributed by atoms with van der Waals surface area (Å²) >= 11 is 0. The monoisotopic (exact) mass is 856 g/mol. The van der Waals surface area contributed by atoms with E-state index in [4.69, 9.17) is 22.9 Å². The van der Waals surface area contributed by atoms with Crippen molar-refractivity contribution in [1.29, 1.82) is 0 Å². The minimum Gasteiger partial charge on any atom is -0.370 e. The molecule has 5 aromatic rings. The highest BCUT2D eigenvalue weighted by Crippen LogP contribution is 2.27. The first-order valence-corrected chi connectivity index (χ1v) is 21.8. The molecular weight excluding hydrogens is 797 g/mol. The zero-order chi connectivity index (χ0) is 44.7. The standard InChI is InChI=1S/C48H60N10O5/c49-37(25-30-13-3-1-4-14-30)44(60)56-41(27-33-19-11-18-32-17-7-8-20-35(32)33)46(62)58-42(28-34-29-54-38-22-10-9-21-36(34)38)47(63)57-40(26-31-15-5-2-6-16-31)45(61)55-39(43(50)59)23-12-24-53-48(51)52/h2,5-11,15-22,29-30,37,39-42,54H,1,3-4,12-14,23-28,49H2,(H2,50,59)(H,55,61)(H,56,60)(H,57,63)(H,58,62)(H4,51,52,53)/t37-,39-,40-,41+,42+/m0/s1. The molecule has 1 aliphatic rings. The number of benzene rings is 4. The van der Waals surface area contributed by atoms with Crippen molar-refractivity contribution >= 4 is 57.2 Å². The van der Waals surface area contributed by atoms with Gasteiger partial charge >= 0.3 is 0 Å². The molecule has 0 radical (unpaired) electrons. The lowest BCUT2D eigenvalue weighted by Gasteiger charge is -2.28. The topological polar surface area (TPSA) is 266 Å². The third-order valence-electron chi connectivity index (χ3n) is 11.8. The Hall–Kier alpha value is -6.74. The van der Waals surface area contributed by atoms with Crippen LogP contribution in [0.1, 0.15) is 68.1 Å². The second kappa shape index (κ2) is 22.4. The van der Waals surface area contributed by atoms with E-state index in [1.165, 1.54) is 6.42 Å². The molecule has 15 heteroatoms. The summed E-state index contributed by atoms with van der Waals surface area (Å²) in [5.74, 6) is -2.88. The van der Waals surface area contributed by atoms with Crippen LogP contribution in [-0.4, -0.2) is 77.2 Å². The SMILES string of the molecule is NC(=O)[C@H](CCCN=C(N)N)NC(=O)[C@H](Cc1ccccc1)NC(=O)[C@@H](Cc1c[nH]c2ccccc12)NC(=O)[C@@H](Cc1cccc2ccccc12)NC(=O)[C@@H](N)CC1CCCCC1. The van der Waals surface area contributed by atoms with Crippen LogP contribution in [0.3, 0.4) is 0 Å². The number of nitrogens with two attached hydrogens (primary N) is 4. The average molecular weight is 857 g/mol. The number of aliphatic imine (C=N–C) groups is 1. The predicted molar refractivity (Wildman–Crippen MR) is 246 cm³/mol. The number of nitrogens with one attached hydrogen (secondary N) is 5. The number of amides is 5. The molecule has 0 unspecified atom stereocenters. The number of H-pyrrole nitrogens is 1. The first-order valence-electron chi connectivity index (χ1n) is 21.8. The van der Waals surface area contributed by atoms with E-state index in [2.05, 4.69) is 31.2 Å². The van der Waals surface area contributed by atoms with Gasteiger partial charge in [0.2, 0.25) is 29.5 Å². The number of fused-ring (bicyclic) bond motifs is 2. The number of hydrogen-bond acceptors (Lipinski definition) is 7. The molecule has 4 aromatic carbocycles. The highest BCUT2D eigenvalue weighted by molar-refractivity contribution is 5.97. The minimum absolute atomic E-state index is 0.0338. The number of carbonyl (C=O) groups is 5. The van der Waals surface area contributed by atoms with E-state index in [1.54, 1.807) is 6.20 Å². The molecule has 63 heavy (non-hydrogen) atoms. The van der Waals surface area contributed by atoms with Crippen LogP contribution in [0.25, 0.3) is 21.7 Å². The lowest BCUT2D eigenvalue weighted by molar-refractivity contribution is -0.134. The predicted octanol–water partition coefficient (Wildman–Crippen LogP) is 3.12. The van der Waals surface area contributed by atoms with Gasteiger partial charge in [-0.2, -0.15) is 0 Å². The molecule has 1 aliphatic carbocycles. The van der Waals surface area contributed by atoms with Gasteiger partial charge in [0.1, 0.15) is 24.2 Å². The maximum Gasteiger partial charge on any atom is 0.243 e. The number of aromatic amines is 1. The van der Waals surface area contributed by atoms with Crippen LogP contribution < -0.4 is 44.2 Å². The molecule has 332 valence electrons. The Kier molecular flexibility index (Phi) is 16.3. The fraction of sp³-hybridized carbons (Fsp3) is 0.375. The van der Waals surface area contributed by atoms with E-state index in [1.807, 2.05) is 97.1 Å². The smallest absolute Gasteiger partial charge is 0.243 e. The highest BCUT2D eigenvalue weighted by Gasteiger charge is 2.33. The van der Waals surface area contributed by atoms with Crippen LogP contribution in [0.4, 0.5) is 0 Å². The maximum absolute atomic E-state index is 14.7. The van der Waals surface area contributed by atoms with Crippen molar-refractivity contribution < 1.29 is 24.0 Å². The Labute approximate surface area is 367 Å². The number of primary amides is 1. The molecule has 6 rings (SSSR count). The summed E-state index contributed by atoms with van der Waals surface area (Å²) < 4.78 is 0. The van der Waals surface area contributed by atoms with Gasteiger partial charge in [0, 0.05) is 42.9 Å². The Bertz CT molecular complexity index is 2370. The second-order valence-electron chi connectivity index (χ2n) is 16.5. The maximum atomic E-state index is 14.7. The van der Waals surface area contributed by atoms with Gasteiger partial charge in [-0.25, -0.2) is 0 Å². The molecule has 15 nitrogen and oxygen atoms in total. The molecule has 1 heterocycles. The molecule has 0 bridgehead atoms. The van der Waals surface area contributed by atoms with Crippen LogP contribution in [0.2, 0.25) is 0 Å². The van der Waals surface area contributed by atoms with Gasteiger partial charge in [0.15, 0.2) is 5.96 Å². The first-order chi connectivity index (χ1) is 30.4. The number of carbonyl (C=O) groups excluding carboxylic acids is 5. The summed E-state index contributed by atoms with van der Waals surface area (Å²) in [6.07, 6.45) is 8.41. The Morgan fingerprint density at radius 3 is 1.87 bits per heavy atom. The van der Waals surface area contributed by atoms with E-state index < -0.39 is 59.7 Å². The van der Waals surface area contributed by atoms with Crippen LogP contribution in [0.15, 0.2) is 108 Å². The van der Waals surface area contributed by atoms with Gasteiger partial charge in [0.25, 0.3) is 0 Å². The third kappa shape index (κ3) is 13.1. The molecular formula is C48H60N10O5. The van der Waals surface area contributed by atoms with Crippen LogP contribution in [-0.2, 0) is 43.2 Å². The number of rotatable bonds is 21. The minimum atomic E-state index is -1.22. The lowest BCUT2D eigenvalue weighted by Crippen LogP contribution is -2.60. The lowest BCUT2D eigenvalue weighted by atomic mass is 9.85. The summed E-state index contributed by atoms with van der Waals surface area (Å²) in [5, 5.41) is 14.3. The Morgan fingerprint density at radius 1 is 0.619 bits per heavy atom. The molecule has 5 amide bonds. The van der Waals surface area contributed by atoms with Gasteiger partial charge in [0.05, 0.1) is 6.04 Å². The Morgan fingerprint density at radius 2 is 1.19 bits per heavy atom. The van der Waals surface area contributed by atoms with Gasteiger partial charge in [-0.1, -0.05) is 123 Å². The van der Waals surface area contributed by atoms with Crippen molar-refractivity contribution in [2.75, 3.05) is 6.54 Å². The number of nitrogens with zero attached hydrogens (tertiary/aromatic N) is 1. The van der Waals surface area contributed by atoms with E-state index in [-0.39, 0.29) is 38.2 Å². The number of hydrogen-bond donors (Lipinski definition) is 9. The Balaban J connectivity index is 1.29. The van der Waals surface area contributed by atoms with Crippen molar-refractivity contribution in [2.24, 2.45) is 33.8 Å². The van der Waals surface area contributed by atoms with Crippen LogP contribution >= 0.6 is 0 Å². The van der Waals surface area contributed by atoms with Crippen molar-refractivity contribution in [3.05, 3.63) is 120 Å². The second-order valence-corrected chi connectivity index (χ2v) is 16.5. The summed E-state index contributed by atoms with van der Waals surface area (Å²) in [5.41, 5.74) is 26.3. The highest BCUT2D eigenvalue weighted by atomic mass is 16.2. The van der Waals surface area contributed by atoms with Gasteiger partial charge < -0.3 is 49.2 Å². The molecule has 5 atom stereocenters. The zero-order valence-corrected chi connectivity index (χ0v) is 35.6. The largest absolute Gasteiger partial charge is 0.370 e. The molecule has 13 N–H and O–H groups in total. The molecule has 1 fully saturated rings. The van der Waals surface area contributed by atoms with Crippen molar-refractivity contribution in [1.82, 2.24) is 26.3 Å². The summed E-state index contributed by atoms with van der Waals surface area (Å²) in [7, 11) is 0. The fourth-order valence-corrected chi connectivity index (χ4v) is 8.46. The molecule has 1 saturated carbocycles. The third-order valence-corrected chi connectivity index (χ3v) is 11.8. The normalized spacial score (nSPS) is 15.3. The quantitative estimate of drug-likeness (QED) is 0.0300. The summed E-state index contributed by atoms with van der Waals surface area (Å²) in [6.45, 7) is 0.218. The molecule has 1 aromatic heterocycles. The average Bonchev–Trinajstić information content (AvgIpc) is 3.69. The van der Waals surface area contributed by atoms with Crippen molar-refractivity contribution in [2.45, 2.75) is 101 Å². The molecule has 0 saturated heterocycles. The van der Waals surface area contributed by atoms with E-state index in [9.17, 15) is 24.0 Å². The van der Waals surface area contributed by atoms with Crippen LogP contribution in [0, 0.1) is 5.92 Å². The number of guanidine groups is 1. The van der Waals surface area contributed by atoms with Crippen LogP contribution in [0.5, 0.6) is 0 Å².